The summed E-state index contributed by atoms with van der Waals surface area (Å²) in [6.45, 7) is 2.44. The minimum absolute atomic E-state index is 0.409. The van der Waals surface area contributed by atoms with Crippen molar-refractivity contribution in [2.75, 3.05) is 13.7 Å². The van der Waals surface area contributed by atoms with Crippen LogP contribution in [0.15, 0.2) is 59.7 Å². The summed E-state index contributed by atoms with van der Waals surface area (Å²) in [6.07, 6.45) is 5.93. The van der Waals surface area contributed by atoms with Crippen molar-refractivity contribution in [3.8, 4) is 34.1 Å². The standard InChI is InChI=1S/C23H21N5O3/c1-14-24-11-20(15-3-5-16(6-4-15)22-26-13-31-28-22)23(27-14)30-12-17-9-19(17)21-8-7-18(29-2)10-25-21/h3-8,10-11,13,17,19H,9,12H2,1-2H3. The van der Waals surface area contributed by atoms with Crippen molar-refractivity contribution in [2.24, 2.45) is 5.92 Å². The molecule has 4 aromatic rings. The second kappa shape index (κ2) is 8.14. The summed E-state index contributed by atoms with van der Waals surface area (Å²) in [5.41, 5.74) is 3.77. The van der Waals surface area contributed by atoms with E-state index in [1.165, 1.54) is 6.39 Å². The first-order valence-corrected chi connectivity index (χ1v) is 10.0. The molecule has 8 heteroatoms. The molecule has 0 N–H and O–H groups in total. The normalized spacial score (nSPS) is 17.4. The van der Waals surface area contributed by atoms with Crippen molar-refractivity contribution in [3.05, 3.63) is 66.7 Å². The Labute approximate surface area is 179 Å². The van der Waals surface area contributed by atoms with Gasteiger partial charge in [-0.25, -0.2) is 4.98 Å². The molecule has 1 saturated carbocycles. The summed E-state index contributed by atoms with van der Waals surface area (Å²) in [5, 5.41) is 3.87. The summed E-state index contributed by atoms with van der Waals surface area (Å²) in [7, 11) is 1.64. The van der Waals surface area contributed by atoms with Crippen LogP contribution >= 0.6 is 0 Å². The van der Waals surface area contributed by atoms with Crippen molar-refractivity contribution in [2.45, 2.75) is 19.3 Å². The van der Waals surface area contributed by atoms with Gasteiger partial charge >= 0.3 is 0 Å². The van der Waals surface area contributed by atoms with Crippen LogP contribution < -0.4 is 9.47 Å². The van der Waals surface area contributed by atoms with Crippen LogP contribution in [0.5, 0.6) is 11.6 Å². The summed E-state index contributed by atoms with van der Waals surface area (Å²) in [5.74, 6) is 3.41. The van der Waals surface area contributed by atoms with E-state index in [9.17, 15) is 0 Å². The molecule has 1 aromatic carbocycles. The predicted molar refractivity (Wildman–Crippen MR) is 113 cm³/mol. The maximum Gasteiger partial charge on any atom is 0.224 e. The lowest BCUT2D eigenvalue weighted by atomic mass is 10.1. The van der Waals surface area contributed by atoms with Gasteiger partial charge in [-0.15, -0.1) is 0 Å². The molecule has 2 unspecified atom stereocenters. The van der Waals surface area contributed by atoms with E-state index >= 15 is 0 Å². The molecule has 0 bridgehead atoms. The Balaban J connectivity index is 1.29. The van der Waals surface area contributed by atoms with Gasteiger partial charge in [-0.1, -0.05) is 29.4 Å². The lowest BCUT2D eigenvalue weighted by Crippen LogP contribution is -2.05. The molecule has 3 heterocycles. The van der Waals surface area contributed by atoms with Gasteiger partial charge in [0, 0.05) is 29.3 Å². The molecule has 1 fully saturated rings. The van der Waals surface area contributed by atoms with Crippen LogP contribution in [0.1, 0.15) is 23.9 Å². The lowest BCUT2D eigenvalue weighted by molar-refractivity contribution is 0.285. The first-order chi connectivity index (χ1) is 15.2. The van der Waals surface area contributed by atoms with Crippen LogP contribution in [0.2, 0.25) is 0 Å². The topological polar surface area (TPSA) is 96.1 Å². The Morgan fingerprint density at radius 2 is 1.84 bits per heavy atom. The fourth-order valence-electron chi connectivity index (χ4n) is 3.57. The van der Waals surface area contributed by atoms with Crippen molar-refractivity contribution in [1.82, 2.24) is 25.1 Å². The number of benzene rings is 1. The number of nitrogens with zero attached hydrogens (tertiary/aromatic N) is 5. The van der Waals surface area contributed by atoms with Crippen molar-refractivity contribution >= 4 is 0 Å². The maximum atomic E-state index is 6.15. The number of hydrogen-bond acceptors (Lipinski definition) is 8. The maximum absolute atomic E-state index is 6.15. The molecule has 3 aromatic heterocycles. The number of methoxy groups -OCH3 is 1. The van der Waals surface area contributed by atoms with E-state index in [-0.39, 0.29) is 0 Å². The minimum Gasteiger partial charge on any atom is -0.495 e. The molecule has 31 heavy (non-hydrogen) atoms. The number of ether oxygens (including phenoxy) is 2. The van der Waals surface area contributed by atoms with E-state index < -0.39 is 0 Å². The zero-order valence-electron chi connectivity index (χ0n) is 17.2. The van der Waals surface area contributed by atoms with Gasteiger partial charge in [-0.3, -0.25) is 4.98 Å². The van der Waals surface area contributed by atoms with Crippen LogP contribution in [-0.2, 0) is 0 Å². The molecular formula is C23H21N5O3. The van der Waals surface area contributed by atoms with Gasteiger partial charge in [-0.2, -0.15) is 9.97 Å². The molecule has 0 aliphatic heterocycles. The molecule has 1 aliphatic rings. The minimum atomic E-state index is 0.409. The van der Waals surface area contributed by atoms with E-state index in [0.29, 0.717) is 36.0 Å². The average molecular weight is 415 g/mol. The van der Waals surface area contributed by atoms with Gasteiger partial charge in [0.05, 0.1) is 25.5 Å². The summed E-state index contributed by atoms with van der Waals surface area (Å²) < 4.78 is 16.2. The highest BCUT2D eigenvalue weighted by Crippen LogP contribution is 2.47. The van der Waals surface area contributed by atoms with E-state index in [1.54, 1.807) is 19.5 Å². The van der Waals surface area contributed by atoms with Gasteiger partial charge in [0.1, 0.15) is 11.6 Å². The lowest BCUT2D eigenvalue weighted by Gasteiger charge is -2.11. The Hall–Kier alpha value is -3.81. The van der Waals surface area contributed by atoms with Gasteiger partial charge < -0.3 is 14.0 Å². The summed E-state index contributed by atoms with van der Waals surface area (Å²) in [6, 6.07) is 11.8. The number of pyridine rings is 1. The van der Waals surface area contributed by atoms with E-state index in [2.05, 4.69) is 25.1 Å². The highest BCUT2D eigenvalue weighted by molar-refractivity contribution is 5.70. The van der Waals surface area contributed by atoms with Gasteiger partial charge in [0.2, 0.25) is 18.1 Å². The third-order valence-electron chi connectivity index (χ3n) is 5.42. The van der Waals surface area contributed by atoms with Crippen molar-refractivity contribution in [1.29, 1.82) is 0 Å². The van der Waals surface area contributed by atoms with Gasteiger partial charge in [-0.05, 0) is 31.0 Å². The molecule has 5 rings (SSSR count). The van der Waals surface area contributed by atoms with E-state index in [4.69, 9.17) is 14.0 Å². The molecule has 0 radical (unpaired) electrons. The SMILES string of the molecule is COc1ccc(C2CC2COc2nc(C)ncc2-c2ccc(-c3ncon3)cc2)nc1. The number of aryl methyl sites for hydroxylation is 1. The molecule has 156 valence electrons. The smallest absolute Gasteiger partial charge is 0.224 e. The third kappa shape index (κ3) is 4.09. The fourth-order valence-corrected chi connectivity index (χ4v) is 3.57. The van der Waals surface area contributed by atoms with Crippen LogP contribution in [0.3, 0.4) is 0 Å². The number of rotatable bonds is 7. The van der Waals surface area contributed by atoms with E-state index in [1.807, 2.05) is 43.3 Å². The number of aromatic nitrogens is 5. The van der Waals surface area contributed by atoms with Crippen molar-refractivity contribution < 1.29 is 14.0 Å². The van der Waals surface area contributed by atoms with Crippen molar-refractivity contribution in [3.63, 3.8) is 0 Å². The Morgan fingerprint density at radius 1 is 1.00 bits per heavy atom. The quantitative estimate of drug-likeness (QED) is 0.445. The second-order valence-corrected chi connectivity index (χ2v) is 7.50. The van der Waals surface area contributed by atoms with Crippen LogP contribution in [-0.4, -0.2) is 38.8 Å². The molecule has 1 aliphatic carbocycles. The van der Waals surface area contributed by atoms with Gasteiger partial charge in [0.25, 0.3) is 0 Å². The molecule has 0 spiro atoms. The van der Waals surface area contributed by atoms with Gasteiger partial charge in [0.15, 0.2) is 0 Å². The zero-order chi connectivity index (χ0) is 21.2. The summed E-state index contributed by atoms with van der Waals surface area (Å²) >= 11 is 0. The first kappa shape index (κ1) is 19.2. The molecule has 0 amide bonds. The molecule has 2 atom stereocenters. The van der Waals surface area contributed by atoms with E-state index in [0.717, 1.165) is 34.6 Å². The van der Waals surface area contributed by atoms with Crippen LogP contribution in [0.4, 0.5) is 0 Å². The summed E-state index contributed by atoms with van der Waals surface area (Å²) in [4.78, 5) is 17.5. The Kier molecular flexibility index (Phi) is 5.03. The third-order valence-corrected chi connectivity index (χ3v) is 5.42. The Morgan fingerprint density at radius 3 is 2.55 bits per heavy atom. The second-order valence-electron chi connectivity index (χ2n) is 7.50. The first-order valence-electron chi connectivity index (χ1n) is 10.0. The molecule has 0 saturated heterocycles. The highest BCUT2D eigenvalue weighted by Gasteiger charge is 2.40. The predicted octanol–water partition coefficient (Wildman–Crippen LogP) is 4.09. The largest absolute Gasteiger partial charge is 0.495 e. The molecule has 8 nitrogen and oxygen atoms in total. The highest BCUT2D eigenvalue weighted by atomic mass is 16.5. The average Bonchev–Trinajstić information content (AvgIpc) is 3.38. The molecular weight excluding hydrogens is 394 g/mol. The van der Waals surface area contributed by atoms with Crippen LogP contribution in [0.25, 0.3) is 22.5 Å². The monoisotopic (exact) mass is 415 g/mol. The zero-order valence-corrected chi connectivity index (χ0v) is 17.2. The fraction of sp³-hybridized carbons (Fsp3) is 0.261. The van der Waals surface area contributed by atoms with Crippen LogP contribution in [0, 0.1) is 12.8 Å². The number of hydrogen-bond donors (Lipinski definition) is 0. The Bertz CT molecular complexity index is 1160.